The topological polar surface area (TPSA) is 95.9 Å². The second-order valence-electron chi connectivity index (χ2n) is 27.4. The fourth-order valence-electron chi connectivity index (χ4n) is 12.4. The van der Waals surface area contributed by atoms with E-state index in [1.54, 1.807) is 6.08 Å². The van der Waals surface area contributed by atoms with Gasteiger partial charge in [0.15, 0.2) is 0 Å². The summed E-state index contributed by atoms with van der Waals surface area (Å²) in [5.41, 5.74) is 0. The van der Waals surface area contributed by atoms with Crippen molar-refractivity contribution >= 4 is 11.9 Å². The van der Waals surface area contributed by atoms with Crippen molar-refractivity contribution in [2.75, 3.05) is 13.2 Å². The minimum absolute atomic E-state index is 0.00523. The minimum atomic E-state index is -0.844. The van der Waals surface area contributed by atoms with Crippen molar-refractivity contribution in [1.82, 2.24) is 5.32 Å². The molecule has 3 N–H and O–H groups in total. The number of ether oxygens (including phenoxy) is 1. The maximum Gasteiger partial charge on any atom is 0.305 e. The van der Waals surface area contributed by atoms with Crippen LogP contribution in [0.3, 0.4) is 0 Å². The zero-order chi connectivity index (χ0) is 64.2. The molecule has 0 heterocycles. The lowest BCUT2D eigenvalue weighted by Crippen LogP contribution is -2.45. The van der Waals surface area contributed by atoms with Gasteiger partial charge in [0.25, 0.3) is 0 Å². The van der Waals surface area contributed by atoms with Gasteiger partial charge in [0.2, 0.25) is 5.91 Å². The summed E-state index contributed by atoms with van der Waals surface area (Å²) < 4.78 is 5.50. The Labute approximate surface area is 556 Å². The summed E-state index contributed by atoms with van der Waals surface area (Å²) in [7, 11) is 0. The van der Waals surface area contributed by atoms with Crippen LogP contribution < -0.4 is 5.32 Å². The highest BCUT2D eigenvalue weighted by Gasteiger charge is 2.18. The van der Waals surface area contributed by atoms with Gasteiger partial charge in [-0.05, 0) is 96.3 Å². The maximum absolute atomic E-state index is 12.5. The quantitative estimate of drug-likeness (QED) is 0.0320. The summed E-state index contributed by atoms with van der Waals surface area (Å²) in [6, 6.07) is -0.627. The summed E-state index contributed by atoms with van der Waals surface area (Å²) in [6.45, 7) is 4.92. The Morgan fingerprint density at radius 1 is 0.315 bits per heavy atom. The number of rotatable bonds is 75. The van der Waals surface area contributed by atoms with Crippen LogP contribution in [-0.4, -0.2) is 47.4 Å². The molecule has 6 nitrogen and oxygen atoms in total. The van der Waals surface area contributed by atoms with Crippen molar-refractivity contribution in [2.24, 2.45) is 0 Å². The number of esters is 1. The van der Waals surface area contributed by atoms with Crippen LogP contribution in [0.25, 0.3) is 0 Å². The molecule has 0 aliphatic heterocycles. The first-order valence-corrected chi connectivity index (χ1v) is 40.1. The highest BCUT2D eigenvalue weighted by molar-refractivity contribution is 5.76. The summed E-state index contributed by atoms with van der Waals surface area (Å²) in [4.78, 5) is 24.6. The number of hydrogen-bond acceptors (Lipinski definition) is 5. The first kappa shape index (κ1) is 86.6. The first-order valence-electron chi connectivity index (χ1n) is 40.1. The van der Waals surface area contributed by atoms with Crippen LogP contribution in [0.5, 0.6) is 0 Å². The predicted molar refractivity (Wildman–Crippen MR) is 393 cm³/mol. The smallest absolute Gasteiger partial charge is 0.305 e. The largest absolute Gasteiger partial charge is 0.466 e. The number of carbonyl (C=O) groups is 2. The van der Waals surface area contributed by atoms with Crippen LogP contribution in [-0.2, 0) is 14.3 Å². The molecule has 0 aromatic carbocycles. The van der Waals surface area contributed by atoms with Crippen LogP contribution in [0, 0.1) is 0 Å². The Morgan fingerprint density at radius 3 is 0.865 bits per heavy atom. The molecule has 0 radical (unpaired) electrons. The number of hydrogen-bond donors (Lipinski definition) is 3. The molecular formula is C83H155NO5. The van der Waals surface area contributed by atoms with E-state index in [1.807, 2.05) is 6.08 Å². The third kappa shape index (κ3) is 74.5. The zero-order valence-electron chi connectivity index (χ0n) is 59.9. The predicted octanol–water partition coefficient (Wildman–Crippen LogP) is 26.5. The van der Waals surface area contributed by atoms with E-state index in [2.05, 4.69) is 67.8 Å². The lowest BCUT2D eigenvalue weighted by molar-refractivity contribution is -0.143. The lowest BCUT2D eigenvalue weighted by atomic mass is 10.0. The van der Waals surface area contributed by atoms with Crippen molar-refractivity contribution in [1.29, 1.82) is 0 Å². The third-order valence-corrected chi connectivity index (χ3v) is 18.5. The zero-order valence-corrected chi connectivity index (χ0v) is 59.9. The molecule has 0 spiro atoms. The average molecular weight is 1250 g/mol. The SMILES string of the molecule is CCCCCC/C=C\C/C=C\CCCCCCCC(=O)OCCCCCCCCCCCCCCC/C=C\C/C=C\CCCCCCCCCCCCCCCCCCCC(=O)NC(CO)C(O)/C=C/CCCCCCCCCCCCCCCCCCC. The minimum Gasteiger partial charge on any atom is -0.466 e. The van der Waals surface area contributed by atoms with E-state index in [0.29, 0.717) is 19.4 Å². The molecule has 0 aromatic rings. The molecule has 2 unspecified atom stereocenters. The molecular weight excluding hydrogens is 1090 g/mol. The van der Waals surface area contributed by atoms with Gasteiger partial charge in [-0.2, -0.15) is 0 Å². The van der Waals surface area contributed by atoms with E-state index < -0.39 is 12.1 Å². The molecule has 0 saturated heterocycles. The Bertz CT molecular complexity index is 1530. The first-order chi connectivity index (χ1) is 44.0. The van der Waals surface area contributed by atoms with E-state index >= 15 is 0 Å². The Balaban J connectivity index is 3.39. The fourth-order valence-corrected chi connectivity index (χ4v) is 12.4. The maximum atomic E-state index is 12.5. The number of allylic oxidation sites excluding steroid dienone is 9. The van der Waals surface area contributed by atoms with Gasteiger partial charge in [-0.15, -0.1) is 0 Å². The molecule has 2 atom stereocenters. The van der Waals surface area contributed by atoms with Gasteiger partial charge in [0.05, 0.1) is 25.4 Å². The van der Waals surface area contributed by atoms with Crippen molar-refractivity contribution in [3.05, 3.63) is 60.8 Å². The summed E-state index contributed by atoms with van der Waals surface area (Å²) in [5, 5.41) is 23.3. The summed E-state index contributed by atoms with van der Waals surface area (Å²) in [5.74, 6) is -0.0566. The molecule has 0 aliphatic rings. The van der Waals surface area contributed by atoms with Gasteiger partial charge < -0.3 is 20.3 Å². The number of amides is 1. The van der Waals surface area contributed by atoms with E-state index in [1.165, 1.54) is 347 Å². The van der Waals surface area contributed by atoms with E-state index in [4.69, 9.17) is 4.74 Å². The second kappa shape index (κ2) is 78.0. The molecule has 522 valence electrons. The van der Waals surface area contributed by atoms with Crippen molar-refractivity contribution in [2.45, 2.75) is 443 Å². The molecule has 0 aromatic heterocycles. The monoisotopic (exact) mass is 1250 g/mol. The number of aliphatic hydroxyl groups excluding tert-OH is 2. The van der Waals surface area contributed by atoms with Crippen LogP contribution >= 0.6 is 0 Å². The summed E-state index contributed by atoms with van der Waals surface area (Å²) in [6.07, 6.45) is 105. The van der Waals surface area contributed by atoms with Crippen LogP contribution in [0.1, 0.15) is 431 Å². The molecule has 0 aliphatic carbocycles. The molecule has 1 amide bonds. The lowest BCUT2D eigenvalue weighted by Gasteiger charge is -2.20. The Kier molecular flexibility index (Phi) is 75.9. The average Bonchev–Trinajstić information content (AvgIpc) is 3.64. The Morgan fingerprint density at radius 2 is 0.562 bits per heavy atom. The van der Waals surface area contributed by atoms with Gasteiger partial charge in [0, 0.05) is 12.8 Å². The number of unbranched alkanes of at least 4 members (excludes halogenated alkanes) is 56. The Hall–Kier alpha value is -2.44. The van der Waals surface area contributed by atoms with Gasteiger partial charge in [0.1, 0.15) is 0 Å². The van der Waals surface area contributed by atoms with Gasteiger partial charge in [-0.25, -0.2) is 0 Å². The van der Waals surface area contributed by atoms with Crippen LogP contribution in [0.2, 0.25) is 0 Å². The van der Waals surface area contributed by atoms with Crippen molar-refractivity contribution in [3.8, 4) is 0 Å². The molecule has 6 heteroatoms. The van der Waals surface area contributed by atoms with Gasteiger partial charge >= 0.3 is 5.97 Å². The van der Waals surface area contributed by atoms with Crippen LogP contribution in [0.15, 0.2) is 60.8 Å². The van der Waals surface area contributed by atoms with Gasteiger partial charge in [-0.3, -0.25) is 9.59 Å². The van der Waals surface area contributed by atoms with E-state index in [9.17, 15) is 19.8 Å². The standard InChI is InChI=1S/C83H155NO5/c1-3-5-7-9-11-13-15-17-19-21-41-44-47-51-55-59-63-67-71-75-81(86)80(79-85)84-82(87)76-72-68-64-60-56-52-48-45-42-39-37-35-33-31-29-27-25-23-22-24-26-28-30-32-34-36-38-40-43-46-50-54-58-62-66-70-74-78-89-83(88)77-73-69-65-61-57-53-49-20-18-16-14-12-10-8-6-4-2/h14,16,20,22,24,28,30,49,71,75,80-81,85-86H,3-13,15,17-19,21,23,25-27,29,31-48,50-70,72-74,76-79H2,1-2H3,(H,84,87)/b16-14-,24-22-,30-28-,49-20-,75-71+. The highest BCUT2D eigenvalue weighted by atomic mass is 16.5. The fraction of sp³-hybridized carbons (Fsp3) is 0.855. The molecule has 0 bridgehead atoms. The number of carbonyl (C=O) groups excluding carboxylic acids is 2. The molecule has 89 heavy (non-hydrogen) atoms. The van der Waals surface area contributed by atoms with E-state index in [0.717, 1.165) is 57.8 Å². The number of nitrogens with one attached hydrogen (secondary N) is 1. The second-order valence-corrected chi connectivity index (χ2v) is 27.4. The summed E-state index contributed by atoms with van der Waals surface area (Å²) >= 11 is 0. The molecule has 0 rings (SSSR count). The highest BCUT2D eigenvalue weighted by Crippen LogP contribution is 2.19. The van der Waals surface area contributed by atoms with Gasteiger partial charge in [-0.1, -0.05) is 383 Å². The molecule has 0 fully saturated rings. The number of aliphatic hydroxyl groups is 2. The van der Waals surface area contributed by atoms with Crippen molar-refractivity contribution in [3.63, 3.8) is 0 Å². The third-order valence-electron chi connectivity index (χ3n) is 18.5. The van der Waals surface area contributed by atoms with Crippen molar-refractivity contribution < 1.29 is 24.5 Å². The normalized spacial score (nSPS) is 12.8. The van der Waals surface area contributed by atoms with E-state index in [-0.39, 0.29) is 18.5 Å². The van der Waals surface area contributed by atoms with Crippen LogP contribution in [0.4, 0.5) is 0 Å². The molecule has 0 saturated carbocycles.